The molecule has 30 heavy (non-hydrogen) atoms. The maximum absolute atomic E-state index is 12.6. The van der Waals surface area contributed by atoms with E-state index in [4.69, 9.17) is 9.84 Å². The van der Waals surface area contributed by atoms with Crippen LogP contribution in [-0.4, -0.2) is 33.1 Å². The third-order valence-corrected chi connectivity index (χ3v) is 4.19. The van der Waals surface area contributed by atoms with E-state index < -0.39 is 35.4 Å². The Labute approximate surface area is 167 Å². The Bertz CT molecular complexity index is 1110. The number of pyridine rings is 1. The molecule has 1 amide bonds. The molecule has 3 aromatic rings. The highest BCUT2D eigenvalue weighted by molar-refractivity contribution is 6.02. The van der Waals surface area contributed by atoms with Gasteiger partial charge in [0.1, 0.15) is 17.5 Å². The zero-order valence-electron chi connectivity index (χ0n) is 15.4. The Balaban J connectivity index is 1.83. The molecular weight excluding hydrogens is 405 g/mol. The minimum atomic E-state index is -4.45. The summed E-state index contributed by atoms with van der Waals surface area (Å²) in [7, 11) is 0. The number of carbonyl (C=O) groups excluding carboxylic acids is 1. The van der Waals surface area contributed by atoms with Gasteiger partial charge in [-0.25, -0.2) is 4.98 Å². The van der Waals surface area contributed by atoms with E-state index in [0.29, 0.717) is 5.39 Å². The van der Waals surface area contributed by atoms with Crippen LogP contribution < -0.4 is 10.1 Å². The number of carbonyl (C=O) groups is 2. The number of carboxylic acids is 1. The Hall–Kier alpha value is -3.82. The van der Waals surface area contributed by atoms with Gasteiger partial charge in [-0.1, -0.05) is 0 Å². The number of aromatic nitrogens is 1. The molecule has 1 heterocycles. The minimum absolute atomic E-state index is 0.179. The summed E-state index contributed by atoms with van der Waals surface area (Å²) in [6.07, 6.45) is -3.16. The van der Waals surface area contributed by atoms with Crippen molar-refractivity contribution in [3.8, 4) is 17.2 Å². The molecule has 10 heteroatoms. The van der Waals surface area contributed by atoms with Crippen LogP contribution >= 0.6 is 0 Å². The molecule has 3 N–H and O–H groups in total. The molecule has 0 aliphatic heterocycles. The van der Waals surface area contributed by atoms with Gasteiger partial charge in [0.15, 0.2) is 11.4 Å². The summed E-state index contributed by atoms with van der Waals surface area (Å²) in [5.41, 5.74) is -1.14. The number of nitrogens with one attached hydrogen (secondary N) is 1. The summed E-state index contributed by atoms with van der Waals surface area (Å²) < 4.78 is 43.4. The minimum Gasteiger partial charge on any atom is -0.505 e. The monoisotopic (exact) mass is 420 g/mol. The first kappa shape index (κ1) is 20.9. The molecule has 2 aromatic carbocycles. The maximum Gasteiger partial charge on any atom is 0.416 e. The van der Waals surface area contributed by atoms with Crippen LogP contribution in [0.25, 0.3) is 10.8 Å². The largest absolute Gasteiger partial charge is 0.505 e. The average Bonchev–Trinajstić information content (AvgIpc) is 2.67. The van der Waals surface area contributed by atoms with Gasteiger partial charge in [-0.3, -0.25) is 9.59 Å². The highest BCUT2D eigenvalue weighted by Crippen LogP contribution is 2.33. The first-order chi connectivity index (χ1) is 14.1. The lowest BCUT2D eigenvalue weighted by Crippen LogP contribution is -2.38. The van der Waals surface area contributed by atoms with Crippen LogP contribution in [0.3, 0.4) is 0 Å². The van der Waals surface area contributed by atoms with Crippen molar-refractivity contribution in [1.29, 1.82) is 0 Å². The molecule has 0 radical (unpaired) electrons. The fourth-order valence-electron chi connectivity index (χ4n) is 2.59. The van der Waals surface area contributed by atoms with Gasteiger partial charge >= 0.3 is 12.1 Å². The van der Waals surface area contributed by atoms with Crippen molar-refractivity contribution >= 4 is 22.6 Å². The molecule has 1 atom stereocenters. The quantitative estimate of drug-likeness (QED) is 0.577. The van der Waals surface area contributed by atoms with Crippen molar-refractivity contribution in [3.05, 3.63) is 59.9 Å². The molecule has 7 nitrogen and oxygen atoms in total. The van der Waals surface area contributed by atoms with Gasteiger partial charge in [0.2, 0.25) is 0 Å². The van der Waals surface area contributed by atoms with Crippen LogP contribution in [0, 0.1) is 0 Å². The smallest absolute Gasteiger partial charge is 0.416 e. The lowest BCUT2D eigenvalue weighted by atomic mass is 10.1. The number of aliphatic carboxylic acids is 1. The number of carboxylic acid groups (broad SMARTS) is 1. The number of alkyl halides is 3. The first-order valence-corrected chi connectivity index (χ1v) is 8.57. The standard InChI is InChI=1S/C20H15F3N2O5/c1-10(19(28)29)25-18(27)16-17(26)15-7-6-14(8-11(15)9-24-16)30-13-4-2-12(3-5-13)20(21,22)23/h2-10,26H,1H3,(H,25,27)(H,28,29). The van der Waals surface area contributed by atoms with Crippen LogP contribution in [0.5, 0.6) is 17.2 Å². The van der Waals surface area contributed by atoms with Gasteiger partial charge < -0.3 is 20.3 Å². The molecule has 0 aliphatic carbocycles. The van der Waals surface area contributed by atoms with E-state index in [2.05, 4.69) is 10.3 Å². The molecule has 3 rings (SSSR count). The normalized spacial score (nSPS) is 12.4. The fraction of sp³-hybridized carbons (Fsp3) is 0.150. The Morgan fingerprint density at radius 1 is 1.10 bits per heavy atom. The summed E-state index contributed by atoms with van der Waals surface area (Å²) in [5.74, 6) is -2.08. The summed E-state index contributed by atoms with van der Waals surface area (Å²) in [6.45, 7) is 1.27. The summed E-state index contributed by atoms with van der Waals surface area (Å²) in [4.78, 5) is 26.8. The van der Waals surface area contributed by atoms with Crippen molar-refractivity contribution in [2.24, 2.45) is 0 Å². The van der Waals surface area contributed by atoms with Gasteiger partial charge in [-0.05, 0) is 49.4 Å². The predicted octanol–water partition coefficient (Wildman–Crippen LogP) is 3.95. The number of aromatic hydroxyl groups is 1. The van der Waals surface area contributed by atoms with Crippen molar-refractivity contribution < 1.29 is 37.7 Å². The van der Waals surface area contributed by atoms with Crippen molar-refractivity contribution in [3.63, 3.8) is 0 Å². The zero-order chi connectivity index (χ0) is 22.1. The van der Waals surface area contributed by atoms with Crippen LogP contribution in [-0.2, 0) is 11.0 Å². The second-order valence-corrected chi connectivity index (χ2v) is 6.36. The summed E-state index contributed by atoms with van der Waals surface area (Å²) in [6, 6.07) is 7.37. The lowest BCUT2D eigenvalue weighted by molar-refractivity contribution is -0.139. The van der Waals surface area contributed by atoms with Crippen molar-refractivity contribution in [2.45, 2.75) is 19.1 Å². The van der Waals surface area contributed by atoms with Crippen LogP contribution in [0.1, 0.15) is 23.0 Å². The predicted molar refractivity (Wildman–Crippen MR) is 99.5 cm³/mol. The molecule has 0 bridgehead atoms. The van der Waals surface area contributed by atoms with Gasteiger partial charge in [-0.15, -0.1) is 0 Å². The Morgan fingerprint density at radius 2 is 1.73 bits per heavy atom. The molecule has 1 unspecified atom stereocenters. The van der Waals surface area contributed by atoms with E-state index in [1.54, 1.807) is 0 Å². The molecule has 1 aromatic heterocycles. The third kappa shape index (κ3) is 4.43. The van der Waals surface area contributed by atoms with E-state index in [0.717, 1.165) is 12.1 Å². The topological polar surface area (TPSA) is 109 Å². The molecule has 0 fully saturated rings. The van der Waals surface area contributed by atoms with Crippen molar-refractivity contribution in [2.75, 3.05) is 0 Å². The van der Waals surface area contributed by atoms with E-state index in [1.807, 2.05) is 0 Å². The van der Waals surface area contributed by atoms with Gasteiger partial charge in [0.25, 0.3) is 5.91 Å². The SMILES string of the molecule is CC(NC(=O)c1ncc2cc(Oc3ccc(C(F)(F)F)cc3)ccc2c1O)C(=O)O. The van der Waals surface area contributed by atoms with Crippen LogP contribution in [0.15, 0.2) is 48.7 Å². The molecule has 156 valence electrons. The molecular formula is C20H15F3N2O5. The highest BCUT2D eigenvalue weighted by atomic mass is 19.4. The van der Waals surface area contributed by atoms with Crippen LogP contribution in [0.4, 0.5) is 13.2 Å². The maximum atomic E-state index is 12.6. The molecule has 0 aliphatic rings. The Morgan fingerprint density at radius 3 is 2.33 bits per heavy atom. The average molecular weight is 420 g/mol. The number of amides is 1. The number of halogens is 3. The second-order valence-electron chi connectivity index (χ2n) is 6.36. The number of fused-ring (bicyclic) bond motifs is 1. The van der Waals surface area contributed by atoms with Gasteiger partial charge in [0, 0.05) is 17.0 Å². The summed E-state index contributed by atoms with van der Waals surface area (Å²) >= 11 is 0. The fourth-order valence-corrected chi connectivity index (χ4v) is 2.59. The molecule has 0 saturated carbocycles. The highest BCUT2D eigenvalue weighted by Gasteiger charge is 2.30. The zero-order valence-corrected chi connectivity index (χ0v) is 15.4. The number of nitrogens with zero attached hydrogens (tertiary/aromatic N) is 1. The number of rotatable bonds is 5. The van der Waals surface area contributed by atoms with E-state index in [1.165, 1.54) is 43.5 Å². The van der Waals surface area contributed by atoms with E-state index in [-0.39, 0.29) is 22.6 Å². The second kappa shape index (κ2) is 7.90. The van der Waals surface area contributed by atoms with Gasteiger partial charge in [0.05, 0.1) is 5.56 Å². The van der Waals surface area contributed by atoms with Gasteiger partial charge in [-0.2, -0.15) is 13.2 Å². The molecule has 0 spiro atoms. The van der Waals surface area contributed by atoms with Crippen molar-refractivity contribution in [1.82, 2.24) is 10.3 Å². The van der Waals surface area contributed by atoms with E-state index in [9.17, 15) is 27.9 Å². The molecule has 0 saturated heterocycles. The van der Waals surface area contributed by atoms with E-state index >= 15 is 0 Å². The number of hydrogen-bond donors (Lipinski definition) is 3. The third-order valence-electron chi connectivity index (χ3n) is 4.19. The Kier molecular flexibility index (Phi) is 5.50. The first-order valence-electron chi connectivity index (χ1n) is 8.57. The summed E-state index contributed by atoms with van der Waals surface area (Å²) in [5, 5.41) is 22.1. The number of ether oxygens (including phenoxy) is 1. The number of benzene rings is 2. The lowest BCUT2D eigenvalue weighted by Gasteiger charge is -2.12. The number of hydrogen-bond acceptors (Lipinski definition) is 5. The van der Waals surface area contributed by atoms with Crippen LogP contribution in [0.2, 0.25) is 0 Å².